The van der Waals surface area contributed by atoms with Gasteiger partial charge in [0, 0.05) is 28.2 Å². The normalized spacial score (nSPS) is 23.4. The molecular weight excluding hydrogens is 317 g/mol. The van der Waals surface area contributed by atoms with E-state index in [2.05, 4.69) is 5.32 Å². The molecule has 3 unspecified atom stereocenters. The van der Waals surface area contributed by atoms with Crippen molar-refractivity contribution in [3.8, 4) is 0 Å². The minimum absolute atomic E-state index is 0.0625. The van der Waals surface area contributed by atoms with E-state index >= 15 is 0 Å². The van der Waals surface area contributed by atoms with Crippen molar-refractivity contribution in [1.29, 1.82) is 0 Å². The van der Waals surface area contributed by atoms with Crippen LogP contribution in [0.1, 0.15) is 41.9 Å². The van der Waals surface area contributed by atoms with Crippen molar-refractivity contribution >= 4 is 17.2 Å². The summed E-state index contributed by atoms with van der Waals surface area (Å²) in [6.07, 6.45) is -2.63. The molecule has 1 aromatic carbocycles. The fourth-order valence-corrected chi connectivity index (χ4v) is 3.94. The number of aldehydes is 1. The molecule has 1 aliphatic rings. The molecule has 0 bridgehead atoms. The molecule has 1 aliphatic heterocycles. The Hall–Kier alpha value is -1.82. The highest BCUT2D eigenvalue weighted by molar-refractivity contribution is 5.99. The maximum atomic E-state index is 13.1. The van der Waals surface area contributed by atoms with E-state index in [0.29, 0.717) is 18.5 Å². The van der Waals surface area contributed by atoms with Gasteiger partial charge < -0.3 is 9.88 Å². The molecule has 24 heavy (non-hydrogen) atoms. The molecule has 2 heterocycles. The summed E-state index contributed by atoms with van der Waals surface area (Å²) in [6, 6.07) is 6.01. The number of rotatable bonds is 3. The molecule has 0 spiro atoms. The van der Waals surface area contributed by atoms with E-state index in [1.165, 1.54) is 0 Å². The van der Waals surface area contributed by atoms with E-state index in [1.807, 2.05) is 42.7 Å². The summed E-state index contributed by atoms with van der Waals surface area (Å²) in [6.45, 7) is 4.18. The number of aromatic nitrogens is 1. The number of hydrogen-bond acceptors (Lipinski definition) is 2. The highest BCUT2D eigenvalue weighted by atomic mass is 19.4. The van der Waals surface area contributed by atoms with Crippen molar-refractivity contribution in [3.63, 3.8) is 0 Å². The molecule has 1 N–H and O–H groups in total. The predicted molar refractivity (Wildman–Crippen MR) is 87.3 cm³/mol. The van der Waals surface area contributed by atoms with Crippen LogP contribution < -0.4 is 5.32 Å². The van der Waals surface area contributed by atoms with Gasteiger partial charge in [0.25, 0.3) is 0 Å². The molecule has 3 rings (SSSR count). The molecule has 0 radical (unpaired) electrons. The Morgan fingerprint density at radius 3 is 2.71 bits per heavy atom. The summed E-state index contributed by atoms with van der Waals surface area (Å²) in [4.78, 5) is 11.5. The molecule has 0 amide bonds. The van der Waals surface area contributed by atoms with Gasteiger partial charge in [-0.1, -0.05) is 18.2 Å². The molecule has 6 heteroatoms. The number of para-hydroxylation sites is 1. The standard InChI is InChI=1S/C18H21F3N2O/c1-11(13-7-8-22-17(9-13)18(19,20)21)23-12(2)15(10-24)14-5-3-4-6-16(14)23/h3-6,10-11,13,17,22H,7-9H2,1-2H3. The number of carbonyl (C=O) groups is 1. The summed E-state index contributed by atoms with van der Waals surface area (Å²) in [5.74, 6) is -0.0908. The number of fused-ring (bicyclic) bond motifs is 1. The number of benzene rings is 1. The van der Waals surface area contributed by atoms with Gasteiger partial charge >= 0.3 is 6.18 Å². The molecule has 2 aromatic rings. The van der Waals surface area contributed by atoms with Crippen LogP contribution in [0.2, 0.25) is 0 Å². The smallest absolute Gasteiger partial charge is 0.341 e. The quantitative estimate of drug-likeness (QED) is 0.849. The first-order valence-electron chi connectivity index (χ1n) is 8.19. The van der Waals surface area contributed by atoms with E-state index in [-0.39, 0.29) is 18.4 Å². The van der Waals surface area contributed by atoms with Crippen LogP contribution in [0.5, 0.6) is 0 Å². The first-order chi connectivity index (χ1) is 11.3. The Kier molecular flexibility index (Phi) is 4.42. The number of piperidine rings is 1. The first-order valence-corrected chi connectivity index (χ1v) is 8.19. The van der Waals surface area contributed by atoms with Crippen LogP contribution in [0.4, 0.5) is 13.2 Å². The molecule has 0 saturated carbocycles. The molecular formula is C18H21F3N2O. The number of carbonyl (C=O) groups excluding carboxylic acids is 1. The first kappa shape index (κ1) is 17.0. The zero-order chi connectivity index (χ0) is 17.5. The summed E-state index contributed by atoms with van der Waals surface area (Å²) < 4.78 is 41.2. The van der Waals surface area contributed by atoms with Crippen molar-refractivity contribution in [1.82, 2.24) is 9.88 Å². The van der Waals surface area contributed by atoms with Gasteiger partial charge in [0.05, 0.1) is 0 Å². The number of nitrogens with zero attached hydrogens (tertiary/aromatic N) is 1. The van der Waals surface area contributed by atoms with Gasteiger partial charge in [-0.2, -0.15) is 13.2 Å². The second kappa shape index (κ2) is 6.24. The third-order valence-electron chi connectivity index (χ3n) is 5.25. The lowest BCUT2D eigenvalue weighted by atomic mass is 9.86. The zero-order valence-corrected chi connectivity index (χ0v) is 13.7. The van der Waals surface area contributed by atoms with Gasteiger partial charge in [-0.25, -0.2) is 0 Å². The van der Waals surface area contributed by atoms with Gasteiger partial charge in [0.15, 0.2) is 6.29 Å². The predicted octanol–water partition coefficient (Wildman–Crippen LogP) is 4.25. The van der Waals surface area contributed by atoms with Crippen LogP contribution in [0, 0.1) is 12.8 Å². The van der Waals surface area contributed by atoms with E-state index in [1.54, 1.807) is 0 Å². The highest BCUT2D eigenvalue weighted by Crippen LogP contribution is 2.37. The summed E-state index contributed by atoms with van der Waals surface area (Å²) in [7, 11) is 0. The van der Waals surface area contributed by atoms with E-state index < -0.39 is 12.2 Å². The third-order valence-corrected chi connectivity index (χ3v) is 5.25. The lowest BCUT2D eigenvalue weighted by Crippen LogP contribution is -2.48. The Bertz CT molecular complexity index is 751. The van der Waals surface area contributed by atoms with Crippen molar-refractivity contribution in [2.45, 2.75) is 44.9 Å². The number of halogens is 3. The van der Waals surface area contributed by atoms with Crippen LogP contribution >= 0.6 is 0 Å². The molecule has 1 fully saturated rings. The van der Waals surface area contributed by atoms with Gasteiger partial charge in [-0.15, -0.1) is 0 Å². The van der Waals surface area contributed by atoms with Crippen LogP contribution in [-0.2, 0) is 0 Å². The SMILES string of the molecule is Cc1c(C=O)c2ccccc2n1C(C)C1CCNC(C(F)(F)F)C1. The number of hydrogen-bond donors (Lipinski definition) is 1. The molecule has 3 atom stereocenters. The third kappa shape index (κ3) is 2.83. The van der Waals surface area contributed by atoms with Gasteiger partial charge in [-0.3, -0.25) is 4.79 Å². The second-order valence-electron chi connectivity index (χ2n) is 6.58. The molecule has 1 aromatic heterocycles. The van der Waals surface area contributed by atoms with Crippen molar-refractivity contribution in [2.24, 2.45) is 5.92 Å². The average Bonchev–Trinajstić information content (AvgIpc) is 2.84. The van der Waals surface area contributed by atoms with Crippen LogP contribution in [0.15, 0.2) is 24.3 Å². The van der Waals surface area contributed by atoms with E-state index in [4.69, 9.17) is 0 Å². The minimum atomic E-state index is -4.22. The lowest BCUT2D eigenvalue weighted by molar-refractivity contribution is -0.164. The van der Waals surface area contributed by atoms with Crippen LogP contribution in [-0.4, -0.2) is 29.6 Å². The van der Waals surface area contributed by atoms with Crippen molar-refractivity contribution in [3.05, 3.63) is 35.5 Å². The number of alkyl halides is 3. The molecule has 0 aliphatic carbocycles. The molecule has 1 saturated heterocycles. The summed E-state index contributed by atoms with van der Waals surface area (Å²) >= 11 is 0. The van der Waals surface area contributed by atoms with Gasteiger partial charge in [0.2, 0.25) is 0 Å². The van der Waals surface area contributed by atoms with Gasteiger partial charge in [0.1, 0.15) is 6.04 Å². The minimum Gasteiger partial charge on any atom is -0.341 e. The Balaban J connectivity index is 1.98. The molecule has 3 nitrogen and oxygen atoms in total. The fraction of sp³-hybridized carbons (Fsp3) is 0.500. The summed E-state index contributed by atoms with van der Waals surface area (Å²) in [5.41, 5.74) is 2.35. The largest absolute Gasteiger partial charge is 0.403 e. The van der Waals surface area contributed by atoms with E-state index in [0.717, 1.165) is 22.9 Å². The van der Waals surface area contributed by atoms with Gasteiger partial charge in [-0.05, 0) is 45.2 Å². The maximum absolute atomic E-state index is 13.1. The molecule has 130 valence electrons. The lowest BCUT2D eigenvalue weighted by Gasteiger charge is -2.36. The monoisotopic (exact) mass is 338 g/mol. The fourth-order valence-electron chi connectivity index (χ4n) is 3.94. The van der Waals surface area contributed by atoms with Crippen LogP contribution in [0.25, 0.3) is 10.9 Å². The second-order valence-corrected chi connectivity index (χ2v) is 6.58. The number of nitrogens with one attached hydrogen (secondary N) is 1. The Morgan fingerprint density at radius 1 is 1.33 bits per heavy atom. The highest BCUT2D eigenvalue weighted by Gasteiger charge is 2.43. The average molecular weight is 338 g/mol. The zero-order valence-electron chi connectivity index (χ0n) is 13.7. The van der Waals surface area contributed by atoms with Crippen molar-refractivity contribution in [2.75, 3.05) is 6.54 Å². The summed E-state index contributed by atoms with van der Waals surface area (Å²) in [5, 5.41) is 3.43. The van der Waals surface area contributed by atoms with Crippen LogP contribution in [0.3, 0.4) is 0 Å². The maximum Gasteiger partial charge on any atom is 0.403 e. The van der Waals surface area contributed by atoms with Crippen molar-refractivity contribution < 1.29 is 18.0 Å². The van der Waals surface area contributed by atoms with E-state index in [9.17, 15) is 18.0 Å². The topological polar surface area (TPSA) is 34.0 Å². The Labute approximate surface area is 138 Å². The Morgan fingerprint density at radius 2 is 2.04 bits per heavy atom.